The molecule has 3 aliphatic carbocycles. The van der Waals surface area contributed by atoms with Crippen molar-refractivity contribution in [1.29, 1.82) is 0 Å². The quantitative estimate of drug-likeness (QED) is 0.226. The molecule has 1 heterocycles. The van der Waals surface area contributed by atoms with E-state index in [1.807, 2.05) is 48.5 Å². The molecule has 2 aromatic carbocycles. The van der Waals surface area contributed by atoms with Crippen LogP contribution in [-0.4, -0.2) is 60.6 Å². The lowest BCUT2D eigenvalue weighted by molar-refractivity contribution is -0.167. The van der Waals surface area contributed by atoms with Gasteiger partial charge in [0.15, 0.2) is 0 Å². The Kier molecular flexibility index (Phi) is 7.85. The number of carboxylic acid groups (broad SMARTS) is 1. The fourth-order valence-corrected chi connectivity index (χ4v) is 6.44. The zero-order valence-electron chi connectivity index (χ0n) is 24.1. The molecule has 6 rings (SSSR count). The Morgan fingerprint density at radius 1 is 0.860 bits per heavy atom. The Morgan fingerprint density at radius 3 is 1.95 bits per heavy atom. The lowest BCUT2D eigenvalue weighted by atomic mass is 9.47. The molecule has 2 N–H and O–H groups in total. The SMILES string of the molecule is CC(C)C(=O)OCC(C)(COC(=O)CCC(=O)OCC12c3ccccc3C(c3ccccc31)C1C(=O)NC(=O)C12)C(=O)O. The second kappa shape index (κ2) is 11.3. The molecular weight excluding hydrogens is 558 g/mol. The average Bonchev–Trinajstić information content (AvgIpc) is 3.30. The molecule has 11 nitrogen and oxygen atoms in total. The molecule has 1 aliphatic heterocycles. The molecule has 2 aromatic rings. The van der Waals surface area contributed by atoms with Crippen LogP contribution in [0.5, 0.6) is 0 Å². The van der Waals surface area contributed by atoms with E-state index >= 15 is 0 Å². The number of hydrogen-bond acceptors (Lipinski definition) is 9. The summed E-state index contributed by atoms with van der Waals surface area (Å²) in [7, 11) is 0. The van der Waals surface area contributed by atoms with Gasteiger partial charge in [-0.15, -0.1) is 0 Å². The summed E-state index contributed by atoms with van der Waals surface area (Å²) in [6.45, 7) is 3.23. The third kappa shape index (κ3) is 5.06. The summed E-state index contributed by atoms with van der Waals surface area (Å²) in [6, 6.07) is 15.1. The zero-order chi connectivity index (χ0) is 31.1. The number of ether oxygens (including phenoxy) is 3. The average molecular weight is 592 g/mol. The summed E-state index contributed by atoms with van der Waals surface area (Å²) in [6.07, 6.45) is -0.736. The van der Waals surface area contributed by atoms with Crippen LogP contribution in [0.1, 0.15) is 61.8 Å². The van der Waals surface area contributed by atoms with E-state index in [9.17, 15) is 33.9 Å². The number of amides is 2. The molecule has 43 heavy (non-hydrogen) atoms. The molecule has 3 atom stereocenters. The minimum atomic E-state index is -1.67. The van der Waals surface area contributed by atoms with Crippen molar-refractivity contribution < 1.29 is 48.1 Å². The molecule has 2 amide bonds. The monoisotopic (exact) mass is 591 g/mol. The van der Waals surface area contributed by atoms with Gasteiger partial charge in [-0.3, -0.25) is 34.1 Å². The van der Waals surface area contributed by atoms with Crippen molar-refractivity contribution in [3.63, 3.8) is 0 Å². The molecule has 0 spiro atoms. The second-order valence-electron chi connectivity index (χ2n) is 11.9. The molecule has 4 aliphatic rings. The molecule has 11 heteroatoms. The maximum Gasteiger partial charge on any atom is 0.316 e. The van der Waals surface area contributed by atoms with Gasteiger partial charge in [0.1, 0.15) is 25.2 Å². The molecule has 1 saturated heterocycles. The van der Waals surface area contributed by atoms with Crippen molar-refractivity contribution in [1.82, 2.24) is 5.32 Å². The molecule has 2 bridgehead atoms. The summed E-state index contributed by atoms with van der Waals surface area (Å²) in [5, 5.41) is 12.1. The van der Waals surface area contributed by atoms with Crippen LogP contribution < -0.4 is 5.32 Å². The predicted octanol–water partition coefficient (Wildman–Crippen LogP) is 2.48. The number of carbonyl (C=O) groups excluding carboxylic acids is 5. The van der Waals surface area contributed by atoms with Gasteiger partial charge < -0.3 is 19.3 Å². The molecule has 0 radical (unpaired) electrons. The number of carbonyl (C=O) groups is 6. The van der Waals surface area contributed by atoms with E-state index in [2.05, 4.69) is 5.32 Å². The molecule has 3 unspecified atom stereocenters. The van der Waals surface area contributed by atoms with Gasteiger partial charge in [0.05, 0.1) is 36.0 Å². The van der Waals surface area contributed by atoms with Crippen LogP contribution in [0.25, 0.3) is 0 Å². The molecular formula is C32H33NO10. The van der Waals surface area contributed by atoms with Crippen LogP contribution in [0.15, 0.2) is 48.5 Å². The van der Waals surface area contributed by atoms with Gasteiger partial charge in [0.2, 0.25) is 11.8 Å². The van der Waals surface area contributed by atoms with Crippen LogP contribution in [0.4, 0.5) is 0 Å². The number of benzene rings is 2. The van der Waals surface area contributed by atoms with E-state index in [1.165, 1.54) is 6.92 Å². The number of rotatable bonds is 11. The third-order valence-corrected chi connectivity index (χ3v) is 8.70. The fraction of sp³-hybridized carbons (Fsp3) is 0.438. The number of aliphatic carboxylic acids is 1. The molecule has 0 aromatic heterocycles. The number of carboxylic acids is 1. The highest BCUT2D eigenvalue weighted by atomic mass is 16.6. The van der Waals surface area contributed by atoms with E-state index in [-0.39, 0.29) is 31.3 Å². The third-order valence-electron chi connectivity index (χ3n) is 8.70. The first-order chi connectivity index (χ1) is 20.4. The highest BCUT2D eigenvalue weighted by Gasteiger charge is 2.66. The highest BCUT2D eigenvalue weighted by molar-refractivity contribution is 6.08. The maximum atomic E-state index is 13.2. The molecule has 0 saturated carbocycles. The summed E-state index contributed by atoms with van der Waals surface area (Å²) in [5.41, 5.74) is 0.692. The normalized spacial score (nSPS) is 24.2. The van der Waals surface area contributed by atoms with Crippen molar-refractivity contribution in [3.05, 3.63) is 70.8 Å². The molecule has 1 fully saturated rings. The second-order valence-corrected chi connectivity index (χ2v) is 11.9. The Balaban J connectivity index is 1.28. The predicted molar refractivity (Wildman–Crippen MR) is 148 cm³/mol. The minimum Gasteiger partial charge on any atom is -0.481 e. The van der Waals surface area contributed by atoms with Crippen molar-refractivity contribution in [2.75, 3.05) is 19.8 Å². The summed E-state index contributed by atoms with van der Waals surface area (Å²) >= 11 is 0. The minimum absolute atomic E-state index is 0.220. The van der Waals surface area contributed by atoms with Crippen LogP contribution in [0, 0.1) is 23.2 Å². The van der Waals surface area contributed by atoms with Crippen LogP contribution >= 0.6 is 0 Å². The Bertz CT molecular complexity index is 1470. The number of imide groups is 1. The Morgan fingerprint density at radius 2 is 1.40 bits per heavy atom. The number of nitrogens with one attached hydrogen (secondary N) is 1. The first-order valence-electron chi connectivity index (χ1n) is 14.2. The summed E-state index contributed by atoms with van der Waals surface area (Å²) in [4.78, 5) is 75.1. The number of esters is 3. The highest BCUT2D eigenvalue weighted by Crippen LogP contribution is 2.62. The van der Waals surface area contributed by atoms with Crippen molar-refractivity contribution in [2.24, 2.45) is 23.2 Å². The van der Waals surface area contributed by atoms with Crippen molar-refractivity contribution in [3.8, 4) is 0 Å². The summed E-state index contributed by atoms with van der Waals surface area (Å²) in [5.74, 6) is -6.38. The smallest absolute Gasteiger partial charge is 0.316 e. The Labute approximate surface area is 247 Å². The largest absolute Gasteiger partial charge is 0.481 e. The number of hydrogen-bond donors (Lipinski definition) is 2. The lowest BCUT2D eigenvalue weighted by Gasteiger charge is -2.53. The van der Waals surface area contributed by atoms with Crippen LogP contribution in [-0.2, 0) is 48.4 Å². The van der Waals surface area contributed by atoms with E-state index in [0.29, 0.717) is 0 Å². The maximum absolute atomic E-state index is 13.2. The zero-order valence-corrected chi connectivity index (χ0v) is 24.1. The van der Waals surface area contributed by atoms with Gasteiger partial charge in [-0.2, -0.15) is 0 Å². The van der Waals surface area contributed by atoms with Gasteiger partial charge in [-0.25, -0.2) is 0 Å². The van der Waals surface area contributed by atoms with E-state index in [1.54, 1.807) is 13.8 Å². The lowest BCUT2D eigenvalue weighted by Crippen LogP contribution is -2.56. The van der Waals surface area contributed by atoms with Crippen LogP contribution in [0.2, 0.25) is 0 Å². The van der Waals surface area contributed by atoms with Crippen molar-refractivity contribution >= 4 is 35.7 Å². The van der Waals surface area contributed by atoms with Gasteiger partial charge in [-0.05, 0) is 29.2 Å². The van der Waals surface area contributed by atoms with E-state index in [4.69, 9.17) is 14.2 Å². The fourth-order valence-electron chi connectivity index (χ4n) is 6.44. The molecule has 226 valence electrons. The van der Waals surface area contributed by atoms with E-state index in [0.717, 1.165) is 22.3 Å². The first kappa shape index (κ1) is 29.9. The van der Waals surface area contributed by atoms with Gasteiger partial charge in [0.25, 0.3) is 0 Å². The standard InChI is InChI=1S/C32H33NO10/c1-17(2)29(38)43-15-31(3,30(39)40)14-41-22(34)12-13-23(35)42-16-32-20-10-6-4-8-18(20)24(19-9-5-7-11-21(19)32)25-26(32)28(37)33-27(25)36/h4-11,17,24-26H,12-16H2,1-3H3,(H,39,40)(H,33,36,37). The van der Waals surface area contributed by atoms with Crippen molar-refractivity contribution in [2.45, 2.75) is 44.9 Å². The van der Waals surface area contributed by atoms with Gasteiger partial charge in [-0.1, -0.05) is 62.4 Å². The first-order valence-corrected chi connectivity index (χ1v) is 14.2. The van der Waals surface area contributed by atoms with Crippen LogP contribution in [0.3, 0.4) is 0 Å². The van der Waals surface area contributed by atoms with Gasteiger partial charge >= 0.3 is 23.9 Å². The van der Waals surface area contributed by atoms with E-state index < -0.39 is 71.6 Å². The Hall–Kier alpha value is -4.54. The topological polar surface area (TPSA) is 162 Å². The summed E-state index contributed by atoms with van der Waals surface area (Å²) < 4.78 is 15.9. The van der Waals surface area contributed by atoms with Gasteiger partial charge in [0, 0.05) is 5.92 Å².